The molecule has 0 atom stereocenters. The Labute approximate surface area is 103 Å². The molecule has 0 spiro atoms. The standard InChI is InChI=1S/C12H22N2OS/c1-14(10-2-6-13-7-3-10)11(15)8-12(9-16)4-5-12/h10,13,16H,2-9H2,1H3. The quantitative estimate of drug-likeness (QED) is 0.728. The van der Waals surface area contributed by atoms with Gasteiger partial charge in [0.2, 0.25) is 5.91 Å². The average molecular weight is 242 g/mol. The average Bonchev–Trinajstić information content (AvgIpc) is 3.09. The lowest BCUT2D eigenvalue weighted by Gasteiger charge is -2.32. The maximum atomic E-state index is 12.1. The summed E-state index contributed by atoms with van der Waals surface area (Å²) in [6.07, 6.45) is 5.26. The van der Waals surface area contributed by atoms with E-state index in [1.807, 2.05) is 11.9 Å². The molecule has 0 aromatic carbocycles. The minimum Gasteiger partial charge on any atom is -0.343 e. The number of piperidine rings is 1. The van der Waals surface area contributed by atoms with Crippen molar-refractivity contribution in [3.63, 3.8) is 0 Å². The van der Waals surface area contributed by atoms with E-state index in [9.17, 15) is 4.79 Å². The number of nitrogens with one attached hydrogen (secondary N) is 1. The Kier molecular flexibility index (Phi) is 3.80. The maximum absolute atomic E-state index is 12.1. The van der Waals surface area contributed by atoms with Gasteiger partial charge in [0.1, 0.15) is 0 Å². The van der Waals surface area contributed by atoms with Gasteiger partial charge in [-0.05, 0) is 49.9 Å². The molecule has 16 heavy (non-hydrogen) atoms. The first-order chi connectivity index (χ1) is 7.67. The summed E-state index contributed by atoms with van der Waals surface area (Å²) in [5.74, 6) is 1.18. The van der Waals surface area contributed by atoms with Crippen molar-refractivity contribution in [1.82, 2.24) is 10.2 Å². The lowest BCUT2D eigenvalue weighted by molar-refractivity contribution is -0.133. The molecular weight excluding hydrogens is 220 g/mol. The molecule has 0 radical (unpaired) electrons. The topological polar surface area (TPSA) is 32.3 Å². The van der Waals surface area contributed by atoms with Crippen molar-refractivity contribution >= 4 is 18.5 Å². The van der Waals surface area contributed by atoms with E-state index in [1.54, 1.807) is 0 Å². The van der Waals surface area contributed by atoms with E-state index in [0.29, 0.717) is 18.4 Å². The second-order valence-electron chi connectivity index (χ2n) is 5.32. The van der Waals surface area contributed by atoms with Crippen LogP contribution < -0.4 is 5.32 Å². The van der Waals surface area contributed by atoms with E-state index in [1.165, 1.54) is 12.8 Å². The highest BCUT2D eigenvalue weighted by Crippen LogP contribution is 2.49. The Bertz CT molecular complexity index is 260. The minimum atomic E-state index is 0.251. The maximum Gasteiger partial charge on any atom is 0.223 e. The van der Waals surface area contributed by atoms with E-state index in [4.69, 9.17) is 0 Å². The zero-order chi connectivity index (χ0) is 11.6. The fraction of sp³-hybridized carbons (Fsp3) is 0.917. The summed E-state index contributed by atoms with van der Waals surface area (Å²) in [5, 5.41) is 3.33. The Morgan fingerprint density at radius 1 is 1.44 bits per heavy atom. The summed E-state index contributed by atoms with van der Waals surface area (Å²) in [4.78, 5) is 14.1. The van der Waals surface area contributed by atoms with E-state index < -0.39 is 0 Å². The molecule has 1 aliphatic heterocycles. The zero-order valence-corrected chi connectivity index (χ0v) is 10.9. The van der Waals surface area contributed by atoms with Crippen LogP contribution in [-0.4, -0.2) is 42.7 Å². The second-order valence-corrected chi connectivity index (χ2v) is 5.64. The zero-order valence-electron chi connectivity index (χ0n) is 10.0. The molecule has 0 aromatic rings. The van der Waals surface area contributed by atoms with Gasteiger partial charge in [-0.25, -0.2) is 0 Å². The normalized spacial score (nSPS) is 24.1. The Balaban J connectivity index is 1.83. The highest BCUT2D eigenvalue weighted by molar-refractivity contribution is 7.80. The molecule has 2 rings (SSSR count). The van der Waals surface area contributed by atoms with Gasteiger partial charge in [-0.1, -0.05) is 0 Å². The Hall–Kier alpha value is -0.220. The highest BCUT2D eigenvalue weighted by atomic mass is 32.1. The third-order valence-corrected chi connectivity index (χ3v) is 4.74. The summed E-state index contributed by atoms with van der Waals surface area (Å²) >= 11 is 4.35. The largest absolute Gasteiger partial charge is 0.343 e. The summed E-state index contributed by atoms with van der Waals surface area (Å²) in [6.45, 7) is 2.08. The van der Waals surface area contributed by atoms with Crippen LogP contribution in [0.15, 0.2) is 0 Å². The van der Waals surface area contributed by atoms with E-state index in [0.717, 1.165) is 31.7 Å². The van der Waals surface area contributed by atoms with Gasteiger partial charge in [-0.2, -0.15) is 12.6 Å². The summed E-state index contributed by atoms with van der Waals surface area (Å²) in [5.41, 5.74) is 0.251. The van der Waals surface area contributed by atoms with Crippen LogP contribution in [0.25, 0.3) is 0 Å². The fourth-order valence-corrected chi connectivity index (χ4v) is 2.84. The third-order valence-electron chi connectivity index (χ3n) is 4.07. The molecule has 2 aliphatic rings. The van der Waals surface area contributed by atoms with Crippen LogP contribution in [0.2, 0.25) is 0 Å². The lowest BCUT2D eigenvalue weighted by Crippen LogP contribution is -2.44. The Morgan fingerprint density at radius 3 is 2.56 bits per heavy atom. The number of nitrogens with zero attached hydrogens (tertiary/aromatic N) is 1. The summed E-state index contributed by atoms with van der Waals surface area (Å²) < 4.78 is 0. The number of rotatable bonds is 4. The summed E-state index contributed by atoms with van der Waals surface area (Å²) in [6, 6.07) is 0.449. The molecular formula is C12H22N2OS. The molecule has 0 unspecified atom stereocenters. The van der Waals surface area contributed by atoms with Crippen molar-refractivity contribution in [2.75, 3.05) is 25.9 Å². The number of carbonyl (C=O) groups is 1. The van der Waals surface area contributed by atoms with Crippen LogP contribution in [0, 0.1) is 5.41 Å². The molecule has 92 valence electrons. The highest BCUT2D eigenvalue weighted by Gasteiger charge is 2.43. The molecule has 1 heterocycles. The van der Waals surface area contributed by atoms with Crippen LogP contribution in [-0.2, 0) is 4.79 Å². The molecule has 2 fully saturated rings. The number of hydrogen-bond acceptors (Lipinski definition) is 3. The monoisotopic (exact) mass is 242 g/mol. The third kappa shape index (κ3) is 2.72. The molecule has 1 saturated carbocycles. The van der Waals surface area contributed by atoms with Crippen LogP contribution in [0.4, 0.5) is 0 Å². The molecule has 3 nitrogen and oxygen atoms in total. The smallest absolute Gasteiger partial charge is 0.223 e. The van der Waals surface area contributed by atoms with Crippen LogP contribution >= 0.6 is 12.6 Å². The van der Waals surface area contributed by atoms with Gasteiger partial charge >= 0.3 is 0 Å². The molecule has 0 bridgehead atoms. The van der Waals surface area contributed by atoms with Crippen molar-refractivity contribution in [3.8, 4) is 0 Å². The van der Waals surface area contributed by atoms with Crippen LogP contribution in [0.1, 0.15) is 32.1 Å². The van der Waals surface area contributed by atoms with Crippen molar-refractivity contribution in [2.24, 2.45) is 5.41 Å². The summed E-state index contributed by atoms with van der Waals surface area (Å²) in [7, 11) is 1.97. The van der Waals surface area contributed by atoms with E-state index >= 15 is 0 Å². The van der Waals surface area contributed by atoms with Gasteiger partial charge in [0, 0.05) is 19.5 Å². The lowest BCUT2D eigenvalue weighted by atomic mass is 10.0. The van der Waals surface area contributed by atoms with Crippen molar-refractivity contribution in [2.45, 2.75) is 38.1 Å². The first-order valence-electron chi connectivity index (χ1n) is 6.24. The number of carbonyl (C=O) groups excluding carboxylic acids is 1. The molecule has 4 heteroatoms. The predicted molar refractivity (Wildman–Crippen MR) is 68.8 cm³/mol. The fourth-order valence-electron chi connectivity index (χ4n) is 2.41. The number of hydrogen-bond donors (Lipinski definition) is 2. The number of thiol groups is 1. The van der Waals surface area contributed by atoms with Gasteiger partial charge < -0.3 is 10.2 Å². The molecule has 1 amide bonds. The van der Waals surface area contributed by atoms with Crippen LogP contribution in [0.3, 0.4) is 0 Å². The van der Waals surface area contributed by atoms with Crippen molar-refractivity contribution < 1.29 is 4.79 Å². The van der Waals surface area contributed by atoms with E-state index in [2.05, 4.69) is 17.9 Å². The van der Waals surface area contributed by atoms with E-state index in [-0.39, 0.29) is 5.41 Å². The minimum absolute atomic E-state index is 0.251. The second kappa shape index (κ2) is 4.96. The predicted octanol–water partition coefficient (Wildman–Crippen LogP) is 1.30. The molecule has 1 saturated heterocycles. The molecule has 1 N–H and O–H groups in total. The first-order valence-corrected chi connectivity index (χ1v) is 6.87. The SMILES string of the molecule is CN(C(=O)CC1(CS)CC1)C1CCNCC1. The van der Waals surface area contributed by atoms with Gasteiger partial charge in [-0.15, -0.1) is 0 Å². The number of amides is 1. The molecule has 1 aliphatic carbocycles. The van der Waals surface area contributed by atoms with Crippen molar-refractivity contribution in [3.05, 3.63) is 0 Å². The van der Waals surface area contributed by atoms with Crippen LogP contribution in [0.5, 0.6) is 0 Å². The van der Waals surface area contributed by atoms with Crippen molar-refractivity contribution in [1.29, 1.82) is 0 Å². The Morgan fingerprint density at radius 2 is 2.06 bits per heavy atom. The van der Waals surface area contributed by atoms with Gasteiger partial charge in [0.25, 0.3) is 0 Å². The first kappa shape index (κ1) is 12.2. The van der Waals surface area contributed by atoms with Gasteiger partial charge in [0.15, 0.2) is 0 Å². The molecule has 0 aromatic heterocycles. The van der Waals surface area contributed by atoms with Gasteiger partial charge in [-0.3, -0.25) is 4.79 Å². The van der Waals surface area contributed by atoms with Gasteiger partial charge in [0.05, 0.1) is 0 Å².